The molecule has 0 spiro atoms. The molecule has 116 valence electrons. The first-order valence-corrected chi connectivity index (χ1v) is 9.38. The van der Waals surface area contributed by atoms with Crippen molar-refractivity contribution in [1.82, 2.24) is 0 Å². The van der Waals surface area contributed by atoms with Crippen LogP contribution in [0.1, 0.15) is 16.0 Å². The lowest BCUT2D eigenvalue weighted by Gasteiger charge is -2.14. The molecule has 0 saturated carbocycles. The predicted octanol–water partition coefficient (Wildman–Crippen LogP) is 2.73. The first kappa shape index (κ1) is 13.9. The second-order valence-corrected chi connectivity index (χ2v) is 8.58. The van der Waals surface area contributed by atoms with E-state index < -0.39 is 10.0 Å². The smallest absolute Gasteiger partial charge is 0.271 e. The average molecular weight is 337 g/mol. The molecular weight excluding hydrogens is 322 g/mol. The number of fused-ring (bicyclic) bond motifs is 2. The van der Waals surface area contributed by atoms with Gasteiger partial charge in [-0.15, -0.1) is 11.3 Å². The van der Waals surface area contributed by atoms with E-state index in [9.17, 15) is 8.42 Å². The molecule has 2 aliphatic rings. The molecule has 2 aromatic rings. The summed E-state index contributed by atoms with van der Waals surface area (Å²) in [5.41, 5.74) is 2.44. The van der Waals surface area contributed by atoms with Gasteiger partial charge in [-0.3, -0.25) is 4.72 Å². The maximum absolute atomic E-state index is 12.6. The molecule has 0 amide bonds. The highest BCUT2D eigenvalue weighted by molar-refractivity contribution is 7.94. The van der Waals surface area contributed by atoms with Crippen molar-refractivity contribution in [2.75, 3.05) is 17.9 Å². The van der Waals surface area contributed by atoms with Crippen LogP contribution >= 0.6 is 11.3 Å². The molecule has 4 rings (SSSR count). The van der Waals surface area contributed by atoms with E-state index in [1.165, 1.54) is 11.3 Å². The molecule has 22 heavy (non-hydrogen) atoms. The summed E-state index contributed by atoms with van der Waals surface area (Å²) in [6.45, 7) is 3.04. The van der Waals surface area contributed by atoms with Crippen LogP contribution in [0, 0.1) is 6.92 Å². The molecule has 0 radical (unpaired) electrons. The van der Waals surface area contributed by atoms with Crippen molar-refractivity contribution < 1.29 is 17.9 Å². The number of hydrogen-bond acceptors (Lipinski definition) is 5. The molecule has 0 bridgehead atoms. The van der Waals surface area contributed by atoms with Crippen LogP contribution in [-0.4, -0.2) is 21.6 Å². The molecule has 0 saturated heterocycles. The van der Waals surface area contributed by atoms with Gasteiger partial charge in [0.25, 0.3) is 10.0 Å². The SMILES string of the molecule is Cc1ccc(S(=O)(=O)Nc2c3c(cc4c2OCC4)OCC3)s1. The fraction of sp³-hybridized carbons (Fsp3) is 0.333. The Labute approximate surface area is 132 Å². The zero-order valence-corrected chi connectivity index (χ0v) is 13.6. The summed E-state index contributed by atoms with van der Waals surface area (Å²) in [6.07, 6.45) is 1.46. The number of benzene rings is 1. The van der Waals surface area contributed by atoms with E-state index in [1.54, 1.807) is 12.1 Å². The van der Waals surface area contributed by atoms with Crippen molar-refractivity contribution in [3.05, 3.63) is 34.2 Å². The Bertz CT molecular complexity index is 822. The summed E-state index contributed by atoms with van der Waals surface area (Å²) in [5, 5.41) is 0. The number of nitrogens with one attached hydrogen (secondary N) is 1. The Hall–Kier alpha value is -1.73. The highest BCUT2D eigenvalue weighted by atomic mass is 32.2. The average Bonchev–Trinajstić information content (AvgIpc) is 3.17. The van der Waals surface area contributed by atoms with Crippen molar-refractivity contribution in [3.63, 3.8) is 0 Å². The van der Waals surface area contributed by atoms with Gasteiger partial charge in [-0.25, -0.2) is 8.42 Å². The summed E-state index contributed by atoms with van der Waals surface area (Å²) in [7, 11) is -3.60. The third-order valence-corrected chi connectivity index (χ3v) is 6.71. The van der Waals surface area contributed by atoms with Crippen LogP contribution in [0.25, 0.3) is 0 Å². The van der Waals surface area contributed by atoms with Gasteiger partial charge in [0.1, 0.15) is 15.7 Å². The number of thiophene rings is 1. The van der Waals surface area contributed by atoms with Crippen LogP contribution in [0.4, 0.5) is 5.69 Å². The van der Waals surface area contributed by atoms with Crippen molar-refractivity contribution in [2.24, 2.45) is 0 Å². The van der Waals surface area contributed by atoms with E-state index in [-0.39, 0.29) is 0 Å². The minimum Gasteiger partial charge on any atom is -0.493 e. The normalized spacial score (nSPS) is 15.9. The van der Waals surface area contributed by atoms with Crippen LogP contribution in [-0.2, 0) is 22.9 Å². The molecule has 0 atom stereocenters. The molecule has 0 aliphatic carbocycles. The number of rotatable bonds is 3. The molecule has 1 aromatic heterocycles. The van der Waals surface area contributed by atoms with Crippen LogP contribution in [0.5, 0.6) is 11.5 Å². The van der Waals surface area contributed by atoms with E-state index >= 15 is 0 Å². The lowest BCUT2D eigenvalue weighted by Crippen LogP contribution is -2.13. The third-order valence-electron chi connectivity index (χ3n) is 3.87. The van der Waals surface area contributed by atoms with E-state index in [0.29, 0.717) is 35.3 Å². The Balaban J connectivity index is 1.81. The van der Waals surface area contributed by atoms with Crippen LogP contribution in [0.3, 0.4) is 0 Å². The zero-order valence-electron chi connectivity index (χ0n) is 12.0. The van der Waals surface area contributed by atoms with Crippen LogP contribution < -0.4 is 14.2 Å². The van der Waals surface area contributed by atoms with E-state index in [2.05, 4.69) is 4.72 Å². The largest absolute Gasteiger partial charge is 0.493 e. The van der Waals surface area contributed by atoms with Gasteiger partial charge in [0.2, 0.25) is 0 Å². The highest BCUT2D eigenvalue weighted by Gasteiger charge is 2.29. The number of anilines is 1. The molecule has 3 heterocycles. The number of hydrogen-bond donors (Lipinski definition) is 1. The van der Waals surface area contributed by atoms with Gasteiger partial charge in [0.05, 0.1) is 18.9 Å². The van der Waals surface area contributed by atoms with Gasteiger partial charge in [0.15, 0.2) is 0 Å². The summed E-state index contributed by atoms with van der Waals surface area (Å²) >= 11 is 1.26. The third kappa shape index (κ3) is 2.16. The summed E-state index contributed by atoms with van der Waals surface area (Å²) < 4.78 is 39.5. The lowest BCUT2D eigenvalue weighted by atomic mass is 10.0. The van der Waals surface area contributed by atoms with Crippen LogP contribution in [0.2, 0.25) is 0 Å². The fourth-order valence-corrected chi connectivity index (χ4v) is 5.21. The molecule has 1 N–H and O–H groups in total. The van der Waals surface area contributed by atoms with Gasteiger partial charge in [-0.05, 0) is 25.1 Å². The number of sulfonamides is 1. The topological polar surface area (TPSA) is 64.6 Å². The Morgan fingerprint density at radius 2 is 2.00 bits per heavy atom. The number of ether oxygens (including phenoxy) is 2. The molecule has 0 unspecified atom stereocenters. The maximum atomic E-state index is 12.6. The van der Waals surface area contributed by atoms with Gasteiger partial charge in [-0.1, -0.05) is 0 Å². The second-order valence-electron chi connectivity index (χ2n) is 5.38. The van der Waals surface area contributed by atoms with Gasteiger partial charge in [0, 0.05) is 28.8 Å². The predicted molar refractivity (Wildman–Crippen MR) is 84.7 cm³/mol. The first-order chi connectivity index (χ1) is 10.5. The van der Waals surface area contributed by atoms with Crippen LogP contribution in [0.15, 0.2) is 22.4 Å². The Kier molecular flexibility index (Phi) is 3.09. The minimum absolute atomic E-state index is 0.313. The Morgan fingerprint density at radius 1 is 1.18 bits per heavy atom. The maximum Gasteiger partial charge on any atom is 0.271 e. The number of aryl methyl sites for hydroxylation is 1. The van der Waals surface area contributed by atoms with Crippen molar-refractivity contribution in [2.45, 2.75) is 24.0 Å². The summed E-state index contributed by atoms with van der Waals surface area (Å²) in [5.74, 6) is 1.42. The summed E-state index contributed by atoms with van der Waals surface area (Å²) in [6, 6.07) is 5.40. The van der Waals surface area contributed by atoms with Gasteiger partial charge in [-0.2, -0.15) is 0 Å². The van der Waals surface area contributed by atoms with E-state index in [4.69, 9.17) is 9.47 Å². The molecule has 1 aromatic carbocycles. The molecule has 2 aliphatic heterocycles. The standard InChI is InChI=1S/C15H15NO4S2/c1-9-2-3-13(21-9)22(17,18)16-14-11-5-7-19-12(11)8-10-4-6-20-15(10)14/h2-3,8,16H,4-7H2,1H3. The summed E-state index contributed by atoms with van der Waals surface area (Å²) in [4.78, 5) is 0.962. The van der Waals surface area contributed by atoms with Crippen molar-refractivity contribution >= 4 is 27.0 Å². The molecule has 5 nitrogen and oxygen atoms in total. The van der Waals surface area contributed by atoms with Crippen molar-refractivity contribution in [1.29, 1.82) is 0 Å². The van der Waals surface area contributed by atoms with Gasteiger partial charge >= 0.3 is 0 Å². The monoisotopic (exact) mass is 337 g/mol. The minimum atomic E-state index is -3.60. The zero-order chi connectivity index (χ0) is 15.3. The molecular formula is C15H15NO4S2. The second kappa shape index (κ2) is 4.89. The first-order valence-electron chi connectivity index (χ1n) is 7.08. The highest BCUT2D eigenvalue weighted by Crippen LogP contribution is 2.45. The lowest BCUT2D eigenvalue weighted by molar-refractivity contribution is 0.356. The van der Waals surface area contributed by atoms with E-state index in [1.807, 2.05) is 13.0 Å². The molecule has 0 fully saturated rings. The van der Waals surface area contributed by atoms with E-state index in [0.717, 1.165) is 28.2 Å². The van der Waals surface area contributed by atoms with Crippen molar-refractivity contribution in [3.8, 4) is 11.5 Å². The quantitative estimate of drug-likeness (QED) is 0.935. The van der Waals surface area contributed by atoms with Gasteiger partial charge < -0.3 is 9.47 Å². The Morgan fingerprint density at radius 3 is 2.77 bits per heavy atom. The molecule has 7 heteroatoms. The fourth-order valence-electron chi connectivity index (χ4n) is 2.83.